The monoisotopic (exact) mass is 412 g/mol. The topological polar surface area (TPSA) is 89.3 Å². The zero-order valence-corrected chi connectivity index (χ0v) is 16.9. The van der Waals surface area contributed by atoms with Gasteiger partial charge in [0, 0.05) is 12.1 Å². The maximum atomic E-state index is 13.0. The lowest BCUT2D eigenvalue weighted by molar-refractivity contribution is -0.384. The van der Waals surface area contributed by atoms with E-state index in [0.29, 0.717) is 0 Å². The van der Waals surface area contributed by atoms with Crippen molar-refractivity contribution < 1.29 is 13.3 Å². The van der Waals surface area contributed by atoms with Crippen LogP contribution in [0, 0.1) is 33.3 Å². The molecule has 0 saturated heterocycles. The van der Waals surface area contributed by atoms with Gasteiger partial charge < -0.3 is 0 Å². The molecule has 5 rings (SSSR count). The average Bonchev–Trinajstić information content (AvgIpc) is 2.58. The van der Waals surface area contributed by atoms with Gasteiger partial charge in [0.1, 0.15) is 5.02 Å². The molecule has 0 radical (unpaired) electrons. The van der Waals surface area contributed by atoms with Crippen molar-refractivity contribution in [3.8, 4) is 0 Å². The Hall–Kier alpha value is -1.18. The number of nitro benzene ring substituents is 1. The fourth-order valence-corrected chi connectivity index (χ4v) is 7.93. The molecule has 6 nitrogen and oxygen atoms in total. The quantitative estimate of drug-likeness (QED) is 0.549. The second-order valence-electron chi connectivity index (χ2n) is 8.73. The summed E-state index contributed by atoms with van der Waals surface area (Å²) in [6.07, 6.45) is 7.91. The average molecular weight is 413 g/mol. The predicted molar refractivity (Wildman–Crippen MR) is 103 cm³/mol. The Bertz CT molecular complexity index is 835. The van der Waals surface area contributed by atoms with Crippen LogP contribution in [0.5, 0.6) is 0 Å². The molecular weight excluding hydrogens is 388 g/mol. The van der Waals surface area contributed by atoms with Gasteiger partial charge in [-0.2, -0.15) is 0 Å². The summed E-state index contributed by atoms with van der Waals surface area (Å²) < 4.78 is 28.9. The summed E-state index contributed by atoms with van der Waals surface area (Å²) in [5, 5.41) is 11.1. The van der Waals surface area contributed by atoms with Gasteiger partial charge in [0.15, 0.2) is 0 Å². The number of sulfonamides is 1. The number of halogens is 1. The highest BCUT2D eigenvalue weighted by Gasteiger charge is 2.54. The number of hydrogen-bond donors (Lipinski definition) is 1. The third-order valence-corrected chi connectivity index (χ3v) is 8.74. The number of rotatable bonds is 6. The number of nitrogens with zero attached hydrogens (tertiary/aromatic N) is 1. The predicted octanol–water partition coefficient (Wildman–Crippen LogP) is 4.52. The molecule has 4 aliphatic carbocycles. The van der Waals surface area contributed by atoms with E-state index >= 15 is 0 Å². The van der Waals surface area contributed by atoms with Crippen molar-refractivity contribution in [2.24, 2.45) is 23.2 Å². The Morgan fingerprint density at radius 3 is 2.26 bits per heavy atom. The first kappa shape index (κ1) is 19.2. The van der Waals surface area contributed by atoms with Gasteiger partial charge in [0.2, 0.25) is 10.0 Å². The fourth-order valence-electron chi connectivity index (χ4n) is 6.30. The Kier molecular flexibility index (Phi) is 4.76. The molecule has 0 spiro atoms. The maximum absolute atomic E-state index is 13.0. The lowest BCUT2D eigenvalue weighted by Gasteiger charge is -2.59. The summed E-state index contributed by atoms with van der Waals surface area (Å²) >= 11 is 5.83. The van der Waals surface area contributed by atoms with Gasteiger partial charge in [0.05, 0.1) is 9.82 Å². The summed E-state index contributed by atoms with van der Waals surface area (Å²) in [6.45, 7) is 2.02. The summed E-state index contributed by atoms with van der Waals surface area (Å²) in [7, 11) is -3.85. The van der Waals surface area contributed by atoms with Crippen LogP contribution in [-0.4, -0.2) is 19.4 Å². The molecule has 0 amide bonds. The maximum Gasteiger partial charge on any atom is 0.289 e. The molecule has 1 aromatic rings. The van der Waals surface area contributed by atoms with Crippen molar-refractivity contribution in [1.29, 1.82) is 0 Å². The highest BCUT2D eigenvalue weighted by Crippen LogP contribution is 2.61. The third kappa shape index (κ3) is 3.38. The smallest absolute Gasteiger partial charge is 0.258 e. The fraction of sp³-hybridized carbons (Fsp3) is 0.684. The molecule has 4 saturated carbocycles. The lowest BCUT2D eigenvalue weighted by Crippen LogP contribution is -2.56. The molecule has 1 aromatic carbocycles. The minimum atomic E-state index is -3.85. The van der Waals surface area contributed by atoms with Crippen LogP contribution in [0.1, 0.15) is 51.9 Å². The van der Waals surface area contributed by atoms with Crippen molar-refractivity contribution in [2.45, 2.75) is 62.8 Å². The van der Waals surface area contributed by atoms with Gasteiger partial charge in [-0.25, -0.2) is 13.1 Å². The Morgan fingerprint density at radius 2 is 1.78 bits per heavy atom. The van der Waals surface area contributed by atoms with Gasteiger partial charge >= 0.3 is 0 Å². The van der Waals surface area contributed by atoms with E-state index in [0.717, 1.165) is 49.5 Å². The molecule has 1 atom stereocenters. The van der Waals surface area contributed by atoms with Crippen LogP contribution in [0.4, 0.5) is 5.69 Å². The van der Waals surface area contributed by atoms with E-state index in [4.69, 9.17) is 11.6 Å². The SMILES string of the molecule is CC[C@@H](NS(=O)(=O)c1ccc(Cl)c([N+](=O)[O-])c1)C12CC3CC(CC(C3)C1)C2. The first-order chi connectivity index (χ1) is 12.7. The minimum Gasteiger partial charge on any atom is -0.258 e. The number of nitro groups is 1. The van der Waals surface area contributed by atoms with Gasteiger partial charge in [0.25, 0.3) is 5.69 Å². The summed E-state index contributed by atoms with van der Waals surface area (Å²) in [5.41, 5.74) is -0.350. The molecule has 0 unspecified atom stereocenters. The van der Waals surface area contributed by atoms with Crippen molar-refractivity contribution in [2.75, 3.05) is 0 Å². The molecular formula is C19H25ClN2O4S. The van der Waals surface area contributed by atoms with Gasteiger partial charge in [-0.3, -0.25) is 10.1 Å². The molecule has 4 aliphatic rings. The zero-order valence-electron chi connectivity index (χ0n) is 15.4. The van der Waals surface area contributed by atoms with Crippen LogP contribution < -0.4 is 4.72 Å². The van der Waals surface area contributed by atoms with Crippen LogP contribution in [0.25, 0.3) is 0 Å². The molecule has 0 aliphatic heterocycles. The summed E-state index contributed by atoms with van der Waals surface area (Å²) in [6, 6.07) is 3.53. The highest BCUT2D eigenvalue weighted by atomic mass is 35.5. The zero-order chi connectivity index (χ0) is 19.4. The van der Waals surface area contributed by atoms with E-state index in [1.165, 1.54) is 31.4 Å². The minimum absolute atomic E-state index is 0.0366. The molecule has 0 heterocycles. The van der Waals surface area contributed by atoms with E-state index in [2.05, 4.69) is 4.72 Å². The van der Waals surface area contributed by atoms with E-state index in [1.54, 1.807) is 0 Å². The molecule has 148 valence electrons. The second-order valence-corrected chi connectivity index (χ2v) is 10.9. The molecule has 1 N–H and O–H groups in total. The molecule has 27 heavy (non-hydrogen) atoms. The standard InChI is InChI=1S/C19H25ClN2O4S/c1-2-18(19-9-12-5-13(10-19)7-14(6-12)11-19)21-27(25,26)15-3-4-16(20)17(8-15)22(23)24/h3-4,8,12-14,18,21H,2,5-7,9-11H2,1H3/t12?,13?,14?,18-,19?/m1/s1. The Morgan fingerprint density at radius 1 is 1.22 bits per heavy atom. The first-order valence-corrected chi connectivity index (χ1v) is 11.5. The van der Waals surface area contributed by atoms with E-state index < -0.39 is 14.9 Å². The van der Waals surface area contributed by atoms with Crippen LogP contribution >= 0.6 is 11.6 Å². The van der Waals surface area contributed by atoms with Crippen molar-refractivity contribution in [3.05, 3.63) is 33.3 Å². The normalized spacial score (nSPS) is 33.2. The molecule has 8 heteroatoms. The van der Waals surface area contributed by atoms with Crippen LogP contribution in [0.15, 0.2) is 23.1 Å². The van der Waals surface area contributed by atoms with Crippen molar-refractivity contribution >= 4 is 27.3 Å². The van der Waals surface area contributed by atoms with E-state index in [9.17, 15) is 18.5 Å². The van der Waals surface area contributed by atoms with Crippen LogP contribution in [-0.2, 0) is 10.0 Å². The van der Waals surface area contributed by atoms with Gasteiger partial charge in [-0.05, 0) is 80.2 Å². The van der Waals surface area contributed by atoms with Gasteiger partial charge in [-0.1, -0.05) is 18.5 Å². The second kappa shape index (κ2) is 6.71. The molecule has 0 aromatic heterocycles. The van der Waals surface area contributed by atoms with Crippen LogP contribution in [0.3, 0.4) is 0 Å². The summed E-state index contributed by atoms with van der Waals surface area (Å²) in [4.78, 5) is 10.4. The van der Waals surface area contributed by atoms with E-state index in [1.807, 2.05) is 6.92 Å². The van der Waals surface area contributed by atoms with E-state index in [-0.39, 0.29) is 27.1 Å². The van der Waals surface area contributed by atoms with Crippen molar-refractivity contribution in [1.82, 2.24) is 4.72 Å². The number of benzene rings is 1. The Labute approximate surface area is 164 Å². The molecule has 4 bridgehead atoms. The van der Waals surface area contributed by atoms with Crippen molar-refractivity contribution in [3.63, 3.8) is 0 Å². The first-order valence-electron chi connectivity index (χ1n) is 9.68. The molecule has 4 fully saturated rings. The number of hydrogen-bond acceptors (Lipinski definition) is 4. The largest absolute Gasteiger partial charge is 0.289 e. The third-order valence-electron chi connectivity index (χ3n) is 6.96. The van der Waals surface area contributed by atoms with Gasteiger partial charge in [-0.15, -0.1) is 0 Å². The highest BCUT2D eigenvalue weighted by molar-refractivity contribution is 7.89. The summed E-state index contributed by atoms with van der Waals surface area (Å²) in [5.74, 6) is 2.18. The lowest BCUT2D eigenvalue weighted by atomic mass is 9.47. The Balaban J connectivity index is 1.62. The van der Waals surface area contributed by atoms with Crippen LogP contribution in [0.2, 0.25) is 5.02 Å². The number of nitrogens with one attached hydrogen (secondary N) is 1.